The summed E-state index contributed by atoms with van der Waals surface area (Å²) in [6.07, 6.45) is 3.08. The number of carbonyl (C=O) groups excluding carboxylic acids is 2. The fraction of sp³-hybridized carbons (Fsp3) is 0.600. The van der Waals surface area contributed by atoms with Crippen LogP contribution < -0.4 is 5.32 Å². The Labute approximate surface area is 149 Å². The molecule has 1 heterocycles. The van der Waals surface area contributed by atoms with Gasteiger partial charge >= 0.3 is 6.09 Å². The molecule has 1 saturated carbocycles. The Morgan fingerprint density at radius 1 is 1.32 bits per heavy atom. The first kappa shape index (κ1) is 17.8. The molecule has 1 aliphatic carbocycles. The fourth-order valence-electron chi connectivity index (χ4n) is 3.92. The number of alkyl carbamates (subject to hydrolysis) is 1. The van der Waals surface area contributed by atoms with Gasteiger partial charge in [0.2, 0.25) is 5.91 Å². The third kappa shape index (κ3) is 3.12. The summed E-state index contributed by atoms with van der Waals surface area (Å²) < 4.78 is 5.27. The van der Waals surface area contributed by atoms with Crippen LogP contribution in [-0.4, -0.2) is 35.6 Å². The third-order valence-corrected chi connectivity index (χ3v) is 5.82. The molecule has 25 heavy (non-hydrogen) atoms. The summed E-state index contributed by atoms with van der Waals surface area (Å²) in [6.45, 7) is 7.03. The number of ether oxygens (including phenoxy) is 1. The van der Waals surface area contributed by atoms with E-state index in [0.29, 0.717) is 13.2 Å². The molecule has 1 N–H and O–H groups in total. The molecular formula is C20H28N2O3. The lowest BCUT2D eigenvalue weighted by Gasteiger charge is -2.30. The molecule has 1 aliphatic heterocycles. The normalized spacial score (nSPS) is 25.1. The molecule has 1 aromatic rings. The highest BCUT2D eigenvalue weighted by atomic mass is 16.5. The number of hydrogen-bond acceptors (Lipinski definition) is 3. The smallest absolute Gasteiger partial charge is 0.407 e. The minimum atomic E-state index is -0.573. The van der Waals surface area contributed by atoms with Crippen LogP contribution in [0.1, 0.15) is 58.1 Å². The number of rotatable bonds is 6. The van der Waals surface area contributed by atoms with Crippen molar-refractivity contribution in [3.05, 3.63) is 35.9 Å². The zero-order valence-corrected chi connectivity index (χ0v) is 15.4. The first-order chi connectivity index (χ1) is 11.9. The number of nitrogens with zero attached hydrogens (tertiary/aromatic N) is 1. The van der Waals surface area contributed by atoms with Gasteiger partial charge in [0, 0.05) is 6.54 Å². The number of amides is 2. The van der Waals surface area contributed by atoms with E-state index in [1.807, 2.05) is 42.2 Å². The molecule has 5 nitrogen and oxygen atoms in total. The van der Waals surface area contributed by atoms with E-state index in [4.69, 9.17) is 4.74 Å². The SMILES string of the molecule is CCCCOC(=O)N[C@]1(C)CN([C@H](C)c2ccccc2)C(=O)C12CC2. The molecule has 1 aromatic carbocycles. The molecular weight excluding hydrogens is 316 g/mol. The first-order valence-electron chi connectivity index (χ1n) is 9.24. The second-order valence-corrected chi connectivity index (χ2v) is 7.55. The highest BCUT2D eigenvalue weighted by molar-refractivity contribution is 5.91. The highest BCUT2D eigenvalue weighted by Crippen LogP contribution is 2.60. The van der Waals surface area contributed by atoms with Crippen molar-refractivity contribution in [1.29, 1.82) is 0 Å². The van der Waals surface area contributed by atoms with E-state index in [1.165, 1.54) is 0 Å². The van der Waals surface area contributed by atoms with Gasteiger partial charge < -0.3 is 15.0 Å². The average Bonchev–Trinajstić information content (AvgIpc) is 3.38. The number of benzene rings is 1. The van der Waals surface area contributed by atoms with Gasteiger partial charge in [0.1, 0.15) is 0 Å². The summed E-state index contributed by atoms with van der Waals surface area (Å²) in [6, 6.07) is 10.0. The predicted molar refractivity (Wildman–Crippen MR) is 96.0 cm³/mol. The van der Waals surface area contributed by atoms with Crippen LogP contribution in [0.5, 0.6) is 0 Å². The molecule has 3 rings (SSSR count). The van der Waals surface area contributed by atoms with Crippen LogP contribution in [0.3, 0.4) is 0 Å². The summed E-state index contributed by atoms with van der Waals surface area (Å²) in [5.41, 5.74) is 0.0809. The third-order valence-electron chi connectivity index (χ3n) is 5.82. The molecule has 2 atom stereocenters. The van der Waals surface area contributed by atoms with Gasteiger partial charge in [0.05, 0.1) is 23.6 Å². The fourth-order valence-corrected chi connectivity index (χ4v) is 3.92. The van der Waals surface area contributed by atoms with Gasteiger partial charge in [-0.3, -0.25) is 4.79 Å². The molecule has 1 spiro atoms. The topological polar surface area (TPSA) is 58.6 Å². The van der Waals surface area contributed by atoms with Gasteiger partial charge in [0.15, 0.2) is 0 Å². The van der Waals surface area contributed by atoms with E-state index in [9.17, 15) is 9.59 Å². The Morgan fingerprint density at radius 2 is 2.00 bits per heavy atom. The average molecular weight is 344 g/mol. The Balaban J connectivity index is 1.73. The maximum Gasteiger partial charge on any atom is 0.407 e. The zero-order valence-electron chi connectivity index (χ0n) is 15.4. The van der Waals surface area contributed by atoms with Crippen molar-refractivity contribution < 1.29 is 14.3 Å². The minimum Gasteiger partial charge on any atom is -0.450 e. The van der Waals surface area contributed by atoms with Gasteiger partial charge in [0.25, 0.3) is 0 Å². The van der Waals surface area contributed by atoms with E-state index in [0.717, 1.165) is 31.2 Å². The van der Waals surface area contributed by atoms with Crippen molar-refractivity contribution in [3.8, 4) is 0 Å². The Kier molecular flexibility index (Phi) is 4.76. The Bertz CT molecular complexity index is 642. The lowest BCUT2D eigenvalue weighted by Crippen LogP contribution is -2.53. The lowest BCUT2D eigenvalue weighted by molar-refractivity contribution is -0.134. The number of hydrogen-bond donors (Lipinski definition) is 1. The van der Waals surface area contributed by atoms with Crippen molar-refractivity contribution in [2.24, 2.45) is 5.41 Å². The molecule has 2 amide bonds. The summed E-state index contributed by atoms with van der Waals surface area (Å²) >= 11 is 0. The molecule has 0 aromatic heterocycles. The molecule has 2 fully saturated rings. The Hall–Kier alpha value is -2.04. The van der Waals surface area contributed by atoms with Crippen LogP contribution in [0.4, 0.5) is 4.79 Å². The number of nitrogens with one attached hydrogen (secondary N) is 1. The van der Waals surface area contributed by atoms with Gasteiger partial charge in [-0.25, -0.2) is 4.79 Å². The summed E-state index contributed by atoms with van der Waals surface area (Å²) in [4.78, 5) is 27.2. The van der Waals surface area contributed by atoms with Crippen LogP contribution in [0.25, 0.3) is 0 Å². The van der Waals surface area contributed by atoms with Gasteiger partial charge in [-0.15, -0.1) is 0 Å². The molecule has 0 unspecified atom stereocenters. The summed E-state index contributed by atoms with van der Waals surface area (Å²) in [5.74, 6) is 0.153. The maximum absolute atomic E-state index is 13.1. The zero-order chi connectivity index (χ0) is 18.1. The van der Waals surface area contributed by atoms with E-state index < -0.39 is 17.0 Å². The molecule has 136 valence electrons. The van der Waals surface area contributed by atoms with Crippen LogP contribution in [0.2, 0.25) is 0 Å². The summed E-state index contributed by atoms with van der Waals surface area (Å²) in [7, 11) is 0. The second kappa shape index (κ2) is 6.70. The minimum absolute atomic E-state index is 0.00841. The van der Waals surface area contributed by atoms with Crippen LogP contribution in [0.15, 0.2) is 30.3 Å². The summed E-state index contributed by atoms with van der Waals surface area (Å²) in [5, 5.41) is 3.01. The standard InChI is InChI=1S/C20H28N2O3/c1-4-5-13-25-18(24)21-19(3)14-22(17(23)20(19)11-12-20)15(2)16-9-7-6-8-10-16/h6-10,15H,4-5,11-14H2,1-3H3,(H,21,24)/t15-,19-/m1/s1. The highest BCUT2D eigenvalue weighted by Gasteiger charge is 2.69. The second-order valence-electron chi connectivity index (χ2n) is 7.55. The van der Waals surface area contributed by atoms with E-state index in [1.54, 1.807) is 0 Å². The van der Waals surface area contributed by atoms with Crippen LogP contribution in [-0.2, 0) is 9.53 Å². The predicted octanol–water partition coefficient (Wildman–Crippen LogP) is 3.66. The Morgan fingerprint density at radius 3 is 2.60 bits per heavy atom. The molecule has 0 radical (unpaired) electrons. The molecule has 5 heteroatoms. The van der Waals surface area contributed by atoms with E-state index in [2.05, 4.69) is 19.2 Å². The molecule has 0 bridgehead atoms. The van der Waals surface area contributed by atoms with Crippen molar-refractivity contribution in [2.75, 3.05) is 13.2 Å². The van der Waals surface area contributed by atoms with Gasteiger partial charge in [-0.2, -0.15) is 0 Å². The van der Waals surface area contributed by atoms with Crippen molar-refractivity contribution in [3.63, 3.8) is 0 Å². The largest absolute Gasteiger partial charge is 0.450 e. The maximum atomic E-state index is 13.1. The molecule has 1 saturated heterocycles. The lowest BCUT2D eigenvalue weighted by atomic mass is 9.85. The van der Waals surface area contributed by atoms with Crippen LogP contribution in [0, 0.1) is 5.41 Å². The number of unbranched alkanes of at least 4 members (excludes halogenated alkanes) is 1. The molecule has 2 aliphatic rings. The van der Waals surface area contributed by atoms with Crippen molar-refractivity contribution in [2.45, 2.75) is 58.0 Å². The number of likely N-dealkylation sites (tertiary alicyclic amines) is 1. The quantitative estimate of drug-likeness (QED) is 0.801. The van der Waals surface area contributed by atoms with Crippen LogP contribution >= 0.6 is 0 Å². The monoisotopic (exact) mass is 344 g/mol. The van der Waals surface area contributed by atoms with Crippen molar-refractivity contribution >= 4 is 12.0 Å². The van der Waals surface area contributed by atoms with Crippen molar-refractivity contribution in [1.82, 2.24) is 10.2 Å². The first-order valence-corrected chi connectivity index (χ1v) is 9.24. The van der Waals surface area contributed by atoms with Gasteiger partial charge in [-0.05, 0) is 38.7 Å². The van der Waals surface area contributed by atoms with E-state index in [-0.39, 0.29) is 11.9 Å². The van der Waals surface area contributed by atoms with Gasteiger partial charge in [-0.1, -0.05) is 43.7 Å². The van der Waals surface area contributed by atoms with E-state index >= 15 is 0 Å². The number of carbonyl (C=O) groups is 2.